The predicted molar refractivity (Wildman–Crippen MR) is 267 cm³/mol. The molecule has 4 aromatic carbocycles. The molecule has 2 aliphatic rings. The Balaban J connectivity index is 0.883. The summed E-state index contributed by atoms with van der Waals surface area (Å²) in [6.07, 6.45) is 7.44. The first kappa shape index (κ1) is 45.5. The number of nitrogens with zero attached hydrogens (tertiary/aromatic N) is 10. The Labute approximate surface area is 403 Å². The van der Waals surface area contributed by atoms with Gasteiger partial charge in [-0.2, -0.15) is 10.2 Å². The van der Waals surface area contributed by atoms with Crippen LogP contribution in [-0.2, 0) is 9.59 Å². The number of likely N-dealkylation sites (tertiary alicyclic amines) is 2. The molecule has 70 heavy (non-hydrogen) atoms. The quantitative estimate of drug-likeness (QED) is 0.0655. The summed E-state index contributed by atoms with van der Waals surface area (Å²) in [7, 11) is 0. The first-order valence-corrected chi connectivity index (χ1v) is 23.4. The van der Waals surface area contributed by atoms with Crippen LogP contribution in [0, 0.1) is 5.92 Å². The zero-order valence-electron chi connectivity index (χ0n) is 38.4. The van der Waals surface area contributed by atoms with Gasteiger partial charge >= 0.3 is 0 Å². The van der Waals surface area contributed by atoms with Gasteiger partial charge in [0.25, 0.3) is 0 Å². The van der Waals surface area contributed by atoms with Crippen LogP contribution in [-0.4, -0.2) is 105 Å². The standard InChI is InChI=1S/C53H52N12O5/c1-3-43(66)42(53(68)63-28-12-14-37(30-63)65-51-45(49(54)55-32-57-51)47(60-65)34-19-23-40(24-20-34)69-38-15-7-5-8-16-38)31-62-27-11-13-36(29-62)64-52-46(50(56-33-58-52)59-44(67)4-2)48(61-64)35-21-25-41(26-22-35)70-39-17-9-6-10-18-39/h3-10,15-26,32-33,36-37,42-43,66H,1-2,11-14,27-31H2,(H2,54,55,57)(H,56,58,59,67). The van der Waals surface area contributed by atoms with Crippen LogP contribution in [0.2, 0.25) is 0 Å². The minimum atomic E-state index is -1.10. The Morgan fingerprint density at radius 3 is 1.81 bits per heavy atom. The highest BCUT2D eigenvalue weighted by molar-refractivity contribution is 6.07. The average molecular weight is 937 g/mol. The van der Waals surface area contributed by atoms with E-state index in [9.17, 15) is 14.7 Å². The summed E-state index contributed by atoms with van der Waals surface area (Å²) >= 11 is 0. The number of benzene rings is 4. The number of ether oxygens (including phenoxy) is 2. The summed E-state index contributed by atoms with van der Waals surface area (Å²) in [4.78, 5) is 49.5. The number of rotatable bonds is 15. The number of para-hydroxylation sites is 2. The number of nitrogen functional groups attached to an aromatic ring is 1. The molecule has 8 aromatic rings. The second-order valence-corrected chi connectivity index (χ2v) is 17.5. The van der Waals surface area contributed by atoms with Gasteiger partial charge in [0.05, 0.1) is 34.9 Å². The maximum atomic E-state index is 14.7. The monoisotopic (exact) mass is 936 g/mol. The Hall–Kier alpha value is -8.28. The molecule has 17 nitrogen and oxygen atoms in total. The second-order valence-electron chi connectivity index (χ2n) is 17.5. The highest BCUT2D eigenvalue weighted by atomic mass is 16.5. The van der Waals surface area contributed by atoms with Gasteiger partial charge in [0.2, 0.25) is 11.8 Å². The van der Waals surface area contributed by atoms with Crippen molar-refractivity contribution in [3.8, 4) is 45.5 Å². The average Bonchev–Trinajstić information content (AvgIpc) is 4.00. The summed E-state index contributed by atoms with van der Waals surface area (Å²) in [5.41, 5.74) is 10.5. The first-order valence-electron chi connectivity index (χ1n) is 23.4. The number of hydrogen-bond acceptors (Lipinski definition) is 13. The van der Waals surface area contributed by atoms with E-state index in [1.807, 2.05) is 123 Å². The van der Waals surface area contributed by atoms with Gasteiger partial charge in [-0.1, -0.05) is 49.1 Å². The van der Waals surface area contributed by atoms with Gasteiger partial charge in [0.1, 0.15) is 58.7 Å². The molecule has 2 saturated heterocycles. The molecule has 4 aromatic heterocycles. The van der Waals surface area contributed by atoms with Crippen molar-refractivity contribution >= 4 is 45.5 Å². The summed E-state index contributed by atoms with van der Waals surface area (Å²) in [5.74, 6) is 2.03. The van der Waals surface area contributed by atoms with Crippen molar-refractivity contribution in [2.24, 2.45) is 5.92 Å². The highest BCUT2D eigenvalue weighted by Crippen LogP contribution is 2.38. The van der Waals surface area contributed by atoms with Crippen LogP contribution >= 0.6 is 0 Å². The first-order chi connectivity index (χ1) is 34.2. The molecule has 2 aliphatic heterocycles. The van der Waals surface area contributed by atoms with Gasteiger partial charge in [-0.05, 0) is 111 Å². The number of hydrogen-bond donors (Lipinski definition) is 3. The maximum absolute atomic E-state index is 14.7. The third kappa shape index (κ3) is 9.44. The normalized spacial score (nSPS) is 17.2. The molecule has 17 heteroatoms. The summed E-state index contributed by atoms with van der Waals surface area (Å²) in [6, 6.07) is 33.9. The van der Waals surface area contributed by atoms with Gasteiger partial charge in [0.15, 0.2) is 11.3 Å². The summed E-state index contributed by atoms with van der Waals surface area (Å²) < 4.78 is 15.9. The van der Waals surface area contributed by atoms with Crippen molar-refractivity contribution in [3.05, 3.63) is 147 Å². The number of amides is 2. The van der Waals surface area contributed by atoms with Crippen molar-refractivity contribution in [1.29, 1.82) is 0 Å². The lowest BCUT2D eigenvalue weighted by molar-refractivity contribution is -0.141. The van der Waals surface area contributed by atoms with Crippen LogP contribution < -0.4 is 20.5 Å². The molecule has 4 atom stereocenters. The van der Waals surface area contributed by atoms with Gasteiger partial charge in [0, 0.05) is 37.3 Å². The molecule has 354 valence electrons. The minimum absolute atomic E-state index is 0.163. The fraction of sp³-hybridized carbons (Fsp3) is 0.245. The fourth-order valence-corrected chi connectivity index (χ4v) is 9.52. The Bertz CT molecular complexity index is 3160. The Morgan fingerprint density at radius 1 is 0.700 bits per heavy atom. The fourth-order valence-electron chi connectivity index (χ4n) is 9.52. The molecule has 4 unspecified atom stereocenters. The molecule has 0 aliphatic carbocycles. The van der Waals surface area contributed by atoms with Crippen molar-refractivity contribution in [1.82, 2.24) is 49.3 Å². The van der Waals surface area contributed by atoms with Crippen molar-refractivity contribution in [2.45, 2.75) is 43.9 Å². The van der Waals surface area contributed by atoms with E-state index < -0.39 is 17.9 Å². The van der Waals surface area contributed by atoms with E-state index in [1.165, 1.54) is 24.8 Å². The van der Waals surface area contributed by atoms with Crippen LogP contribution in [0.25, 0.3) is 44.6 Å². The maximum Gasteiger partial charge on any atom is 0.248 e. The van der Waals surface area contributed by atoms with Gasteiger partial charge in [-0.3, -0.25) is 9.59 Å². The molecular formula is C53H52N12O5. The van der Waals surface area contributed by atoms with E-state index in [1.54, 1.807) is 0 Å². The van der Waals surface area contributed by atoms with Crippen LogP contribution in [0.1, 0.15) is 37.8 Å². The number of aliphatic hydroxyl groups excluding tert-OH is 1. The largest absolute Gasteiger partial charge is 0.457 e. The number of aliphatic hydroxyl groups is 1. The lowest BCUT2D eigenvalue weighted by atomic mass is 9.95. The second kappa shape index (κ2) is 20.1. The van der Waals surface area contributed by atoms with Gasteiger partial charge in [-0.15, -0.1) is 6.58 Å². The number of carbonyl (C=O) groups excluding carboxylic acids is 2. The smallest absolute Gasteiger partial charge is 0.248 e. The summed E-state index contributed by atoms with van der Waals surface area (Å²) in [5, 5.41) is 25.8. The molecule has 2 amide bonds. The summed E-state index contributed by atoms with van der Waals surface area (Å²) in [6.45, 7) is 9.92. The number of carbonyl (C=O) groups is 2. The Kier molecular flexibility index (Phi) is 13.1. The highest BCUT2D eigenvalue weighted by Gasteiger charge is 2.37. The molecule has 10 rings (SSSR count). The number of piperidine rings is 2. The molecule has 2 fully saturated rings. The van der Waals surface area contributed by atoms with E-state index in [-0.39, 0.29) is 24.5 Å². The van der Waals surface area contributed by atoms with Crippen LogP contribution in [0.15, 0.2) is 147 Å². The molecule has 0 saturated carbocycles. The third-order valence-electron chi connectivity index (χ3n) is 13.0. The van der Waals surface area contributed by atoms with E-state index in [2.05, 4.69) is 38.3 Å². The minimum Gasteiger partial charge on any atom is -0.457 e. The van der Waals surface area contributed by atoms with Crippen LogP contribution in [0.4, 0.5) is 11.6 Å². The molecular weight excluding hydrogens is 885 g/mol. The topological polar surface area (TPSA) is 205 Å². The van der Waals surface area contributed by atoms with E-state index in [0.29, 0.717) is 88.5 Å². The number of aromatic nitrogens is 8. The van der Waals surface area contributed by atoms with Crippen LogP contribution in [0.5, 0.6) is 23.0 Å². The number of nitrogens with one attached hydrogen (secondary N) is 1. The molecule has 0 spiro atoms. The van der Waals surface area contributed by atoms with Gasteiger partial charge < -0.3 is 35.4 Å². The molecule has 4 N–H and O–H groups in total. The van der Waals surface area contributed by atoms with Crippen molar-refractivity contribution in [3.63, 3.8) is 0 Å². The van der Waals surface area contributed by atoms with Gasteiger partial charge in [-0.25, -0.2) is 29.3 Å². The molecule has 6 heterocycles. The predicted octanol–water partition coefficient (Wildman–Crippen LogP) is 8.26. The molecule has 0 radical (unpaired) electrons. The SMILES string of the molecule is C=CC(=O)Nc1ncnc2c1c(-c1ccc(Oc3ccccc3)cc1)nn2C1CCCN(CC(C(=O)N2CCCC(n3nc(-c4ccc(Oc5ccccc5)cc4)c4c(N)ncnc43)C2)C(O)C=C)C1. The van der Waals surface area contributed by atoms with E-state index in [4.69, 9.17) is 30.4 Å². The van der Waals surface area contributed by atoms with E-state index in [0.717, 1.165) is 42.6 Å². The lowest BCUT2D eigenvalue weighted by Crippen LogP contribution is -2.50. The zero-order chi connectivity index (χ0) is 48.1. The Morgan fingerprint density at radius 2 is 1.23 bits per heavy atom. The third-order valence-corrected chi connectivity index (χ3v) is 13.0. The van der Waals surface area contributed by atoms with Crippen LogP contribution in [0.3, 0.4) is 0 Å². The number of nitrogens with two attached hydrogens (primary N) is 1. The molecule has 0 bridgehead atoms. The van der Waals surface area contributed by atoms with Crippen molar-refractivity contribution < 1.29 is 24.2 Å². The zero-order valence-corrected chi connectivity index (χ0v) is 38.4. The number of fused-ring (bicyclic) bond motifs is 2. The number of anilines is 2. The van der Waals surface area contributed by atoms with Crippen molar-refractivity contribution in [2.75, 3.05) is 43.8 Å². The lowest BCUT2D eigenvalue weighted by Gasteiger charge is -2.39. The van der Waals surface area contributed by atoms with E-state index >= 15 is 0 Å².